The molecule has 3 nitrogen and oxygen atoms in total. The SMILES string of the molecule is O=C(COc1cccc2c1CCCC2)Nc1cccc2ccccc12. The molecule has 0 atom stereocenters. The molecule has 0 heterocycles. The normalized spacial score (nSPS) is 13.3. The van der Waals surface area contributed by atoms with E-state index in [0.717, 1.165) is 35.1 Å². The van der Waals surface area contributed by atoms with Gasteiger partial charge in [-0.2, -0.15) is 0 Å². The van der Waals surface area contributed by atoms with E-state index in [1.165, 1.54) is 24.0 Å². The van der Waals surface area contributed by atoms with Gasteiger partial charge in [0.2, 0.25) is 0 Å². The third kappa shape index (κ3) is 3.36. The molecule has 0 spiro atoms. The number of fused-ring (bicyclic) bond motifs is 2. The van der Waals surface area contributed by atoms with Crippen LogP contribution in [0.5, 0.6) is 5.75 Å². The zero-order valence-electron chi connectivity index (χ0n) is 14.1. The Balaban J connectivity index is 1.46. The molecule has 0 radical (unpaired) electrons. The minimum Gasteiger partial charge on any atom is -0.483 e. The smallest absolute Gasteiger partial charge is 0.262 e. The Morgan fingerprint density at radius 2 is 1.72 bits per heavy atom. The molecular formula is C22H21NO2. The van der Waals surface area contributed by atoms with Gasteiger partial charge in [-0.1, -0.05) is 48.5 Å². The number of carbonyl (C=O) groups excluding carboxylic acids is 1. The van der Waals surface area contributed by atoms with Gasteiger partial charge < -0.3 is 10.1 Å². The van der Waals surface area contributed by atoms with Crippen molar-refractivity contribution in [3.8, 4) is 5.75 Å². The maximum Gasteiger partial charge on any atom is 0.262 e. The highest BCUT2D eigenvalue weighted by atomic mass is 16.5. The molecule has 126 valence electrons. The van der Waals surface area contributed by atoms with Crippen LogP contribution in [0.2, 0.25) is 0 Å². The average Bonchev–Trinajstić information content (AvgIpc) is 2.66. The predicted octanol–water partition coefficient (Wildman–Crippen LogP) is 4.74. The number of rotatable bonds is 4. The first kappa shape index (κ1) is 15.7. The highest BCUT2D eigenvalue weighted by molar-refractivity contribution is 6.02. The van der Waals surface area contributed by atoms with E-state index in [-0.39, 0.29) is 12.5 Å². The van der Waals surface area contributed by atoms with Gasteiger partial charge in [-0.05, 0) is 54.3 Å². The quantitative estimate of drug-likeness (QED) is 0.750. The van der Waals surface area contributed by atoms with Gasteiger partial charge in [-0.15, -0.1) is 0 Å². The zero-order valence-corrected chi connectivity index (χ0v) is 14.1. The minimum atomic E-state index is -0.134. The lowest BCUT2D eigenvalue weighted by Gasteiger charge is -2.19. The van der Waals surface area contributed by atoms with Gasteiger partial charge in [0, 0.05) is 11.1 Å². The Morgan fingerprint density at radius 3 is 2.68 bits per heavy atom. The van der Waals surface area contributed by atoms with Crippen molar-refractivity contribution in [1.82, 2.24) is 0 Å². The standard InChI is InChI=1S/C22H21NO2/c24-22(23-20-13-5-9-16-7-1-3-11-18(16)20)15-25-21-14-6-10-17-8-2-4-12-19(17)21/h1,3,5-7,9-11,13-14H,2,4,8,12,15H2,(H,23,24). The van der Waals surface area contributed by atoms with E-state index in [4.69, 9.17) is 4.74 Å². The summed E-state index contributed by atoms with van der Waals surface area (Å²) in [7, 11) is 0. The predicted molar refractivity (Wildman–Crippen MR) is 101 cm³/mol. The first-order valence-electron chi connectivity index (χ1n) is 8.82. The minimum absolute atomic E-state index is 0.0275. The first-order chi connectivity index (χ1) is 12.3. The van der Waals surface area contributed by atoms with E-state index in [0.29, 0.717) is 0 Å². The molecule has 0 bridgehead atoms. The van der Waals surface area contributed by atoms with Gasteiger partial charge in [0.1, 0.15) is 5.75 Å². The topological polar surface area (TPSA) is 38.3 Å². The number of aryl methyl sites for hydroxylation is 1. The van der Waals surface area contributed by atoms with E-state index in [1.807, 2.05) is 54.6 Å². The van der Waals surface area contributed by atoms with Crippen LogP contribution in [0.25, 0.3) is 10.8 Å². The summed E-state index contributed by atoms with van der Waals surface area (Å²) >= 11 is 0. The van der Waals surface area contributed by atoms with E-state index < -0.39 is 0 Å². The second kappa shape index (κ2) is 6.98. The monoisotopic (exact) mass is 331 g/mol. The second-order valence-electron chi connectivity index (χ2n) is 6.46. The van der Waals surface area contributed by atoms with E-state index >= 15 is 0 Å². The number of carbonyl (C=O) groups is 1. The Kier molecular flexibility index (Phi) is 4.38. The highest BCUT2D eigenvalue weighted by Crippen LogP contribution is 2.29. The van der Waals surface area contributed by atoms with Gasteiger partial charge >= 0.3 is 0 Å². The fraction of sp³-hybridized carbons (Fsp3) is 0.227. The van der Waals surface area contributed by atoms with Crippen LogP contribution in [0.4, 0.5) is 5.69 Å². The fourth-order valence-electron chi connectivity index (χ4n) is 3.55. The number of hydrogen-bond donors (Lipinski definition) is 1. The van der Waals surface area contributed by atoms with Crippen molar-refractivity contribution >= 4 is 22.4 Å². The average molecular weight is 331 g/mol. The third-order valence-corrected chi connectivity index (χ3v) is 4.78. The van der Waals surface area contributed by atoms with E-state index in [9.17, 15) is 4.79 Å². The van der Waals surface area contributed by atoms with Crippen molar-refractivity contribution < 1.29 is 9.53 Å². The molecule has 1 amide bonds. The van der Waals surface area contributed by atoms with Crippen LogP contribution in [0.3, 0.4) is 0 Å². The molecule has 4 rings (SSSR count). The van der Waals surface area contributed by atoms with Crippen molar-refractivity contribution in [2.45, 2.75) is 25.7 Å². The summed E-state index contributed by atoms with van der Waals surface area (Å²) < 4.78 is 5.84. The molecule has 0 aromatic heterocycles. The van der Waals surface area contributed by atoms with Crippen molar-refractivity contribution in [1.29, 1.82) is 0 Å². The number of nitrogens with one attached hydrogen (secondary N) is 1. The number of hydrogen-bond acceptors (Lipinski definition) is 2. The summed E-state index contributed by atoms with van der Waals surface area (Å²) in [4.78, 5) is 12.4. The Morgan fingerprint density at radius 1 is 0.920 bits per heavy atom. The summed E-state index contributed by atoms with van der Waals surface area (Å²) in [5.41, 5.74) is 3.45. The van der Waals surface area contributed by atoms with Gasteiger partial charge in [0.05, 0.1) is 0 Å². The molecule has 0 saturated heterocycles. The van der Waals surface area contributed by atoms with Crippen LogP contribution in [0.15, 0.2) is 60.7 Å². The fourth-order valence-corrected chi connectivity index (χ4v) is 3.55. The molecule has 0 fully saturated rings. The molecule has 1 aliphatic carbocycles. The lowest BCUT2D eigenvalue weighted by Crippen LogP contribution is -2.21. The third-order valence-electron chi connectivity index (χ3n) is 4.78. The molecule has 25 heavy (non-hydrogen) atoms. The summed E-state index contributed by atoms with van der Waals surface area (Å²) in [5, 5.41) is 5.12. The van der Waals surface area contributed by atoms with Crippen LogP contribution < -0.4 is 10.1 Å². The van der Waals surface area contributed by atoms with Crippen molar-refractivity contribution in [2.75, 3.05) is 11.9 Å². The molecule has 1 N–H and O–H groups in total. The van der Waals surface area contributed by atoms with Crippen LogP contribution >= 0.6 is 0 Å². The molecule has 1 aliphatic rings. The summed E-state index contributed by atoms with van der Waals surface area (Å²) in [5.74, 6) is 0.718. The van der Waals surface area contributed by atoms with Gasteiger partial charge in [-0.3, -0.25) is 4.79 Å². The molecule has 3 heteroatoms. The van der Waals surface area contributed by atoms with Gasteiger partial charge in [0.25, 0.3) is 5.91 Å². The zero-order chi connectivity index (χ0) is 17.1. The molecule has 0 aliphatic heterocycles. The number of ether oxygens (including phenoxy) is 1. The van der Waals surface area contributed by atoms with Crippen molar-refractivity contribution in [2.24, 2.45) is 0 Å². The van der Waals surface area contributed by atoms with Crippen LogP contribution in [-0.4, -0.2) is 12.5 Å². The second-order valence-corrected chi connectivity index (χ2v) is 6.46. The first-order valence-corrected chi connectivity index (χ1v) is 8.82. The lowest BCUT2D eigenvalue weighted by molar-refractivity contribution is -0.118. The Bertz CT molecular complexity index is 912. The lowest BCUT2D eigenvalue weighted by atomic mass is 9.91. The summed E-state index contributed by atoms with van der Waals surface area (Å²) in [6, 6.07) is 20.1. The summed E-state index contributed by atoms with van der Waals surface area (Å²) in [6.07, 6.45) is 4.57. The molecule has 0 saturated carbocycles. The van der Waals surface area contributed by atoms with Crippen molar-refractivity contribution in [3.63, 3.8) is 0 Å². The van der Waals surface area contributed by atoms with Crippen LogP contribution in [-0.2, 0) is 17.6 Å². The maximum absolute atomic E-state index is 12.4. The number of anilines is 1. The molecule has 0 unspecified atom stereocenters. The van der Waals surface area contributed by atoms with Crippen LogP contribution in [0, 0.1) is 0 Å². The van der Waals surface area contributed by atoms with Gasteiger partial charge in [0.15, 0.2) is 6.61 Å². The van der Waals surface area contributed by atoms with Crippen molar-refractivity contribution in [3.05, 3.63) is 71.8 Å². The highest BCUT2D eigenvalue weighted by Gasteiger charge is 2.15. The Labute approximate surface area is 147 Å². The van der Waals surface area contributed by atoms with Crippen LogP contribution in [0.1, 0.15) is 24.0 Å². The molecule has 3 aromatic rings. The largest absolute Gasteiger partial charge is 0.483 e. The molecular weight excluding hydrogens is 310 g/mol. The van der Waals surface area contributed by atoms with Gasteiger partial charge in [-0.25, -0.2) is 0 Å². The summed E-state index contributed by atoms with van der Waals surface area (Å²) in [6.45, 7) is 0.0275. The van der Waals surface area contributed by atoms with E-state index in [2.05, 4.69) is 11.4 Å². The van der Waals surface area contributed by atoms with E-state index in [1.54, 1.807) is 0 Å². The Hall–Kier alpha value is -2.81. The molecule has 3 aromatic carbocycles. The maximum atomic E-state index is 12.4. The number of benzene rings is 3. The number of amides is 1.